The van der Waals surface area contributed by atoms with Crippen LogP contribution in [0.3, 0.4) is 0 Å². The molecule has 0 aromatic carbocycles. The minimum atomic E-state index is 0.429. The van der Waals surface area contributed by atoms with E-state index in [1.54, 1.807) is 6.20 Å². The first kappa shape index (κ1) is 8.52. The lowest BCUT2D eigenvalue weighted by Gasteiger charge is -2.02. The first-order chi connectivity index (χ1) is 5.83. The highest BCUT2D eigenvalue weighted by Crippen LogP contribution is 2.02. The molecule has 3 N–H and O–H groups in total. The summed E-state index contributed by atoms with van der Waals surface area (Å²) in [6.07, 6.45) is 5.89. The lowest BCUT2D eigenvalue weighted by atomic mass is 10.4. The Bertz CT molecular complexity index is 259. The minimum absolute atomic E-state index is 0.429. The van der Waals surface area contributed by atoms with Gasteiger partial charge < -0.3 is 11.1 Å². The van der Waals surface area contributed by atoms with Crippen LogP contribution in [0.4, 0.5) is 11.6 Å². The van der Waals surface area contributed by atoms with Gasteiger partial charge in [0.25, 0.3) is 0 Å². The molecule has 1 rings (SSSR count). The SMILES string of the molecule is C=CCCNc1cncc(N)n1. The molecule has 0 atom stereocenters. The average Bonchev–Trinajstić information content (AvgIpc) is 2.05. The van der Waals surface area contributed by atoms with Gasteiger partial charge in [0.1, 0.15) is 11.6 Å². The van der Waals surface area contributed by atoms with Gasteiger partial charge in [-0.3, -0.25) is 4.98 Å². The van der Waals surface area contributed by atoms with E-state index in [0.717, 1.165) is 13.0 Å². The smallest absolute Gasteiger partial charge is 0.146 e. The Hall–Kier alpha value is -1.58. The van der Waals surface area contributed by atoms with Gasteiger partial charge in [-0.05, 0) is 6.42 Å². The zero-order chi connectivity index (χ0) is 8.81. The second-order valence-corrected chi connectivity index (χ2v) is 2.33. The van der Waals surface area contributed by atoms with E-state index in [9.17, 15) is 0 Å². The fourth-order valence-corrected chi connectivity index (χ4v) is 0.769. The predicted octanol–water partition coefficient (Wildman–Crippen LogP) is 1.05. The molecule has 0 spiro atoms. The summed E-state index contributed by atoms with van der Waals surface area (Å²) in [7, 11) is 0. The molecule has 0 bridgehead atoms. The third-order valence-corrected chi connectivity index (χ3v) is 1.31. The topological polar surface area (TPSA) is 63.8 Å². The highest BCUT2D eigenvalue weighted by atomic mass is 15.0. The fraction of sp³-hybridized carbons (Fsp3) is 0.250. The summed E-state index contributed by atoms with van der Waals surface area (Å²) in [6.45, 7) is 4.42. The monoisotopic (exact) mass is 164 g/mol. The third-order valence-electron chi connectivity index (χ3n) is 1.31. The van der Waals surface area contributed by atoms with Crippen LogP contribution < -0.4 is 11.1 Å². The number of nitrogens with zero attached hydrogens (tertiary/aromatic N) is 2. The molecule has 1 aromatic heterocycles. The van der Waals surface area contributed by atoms with Crippen LogP contribution in [0.25, 0.3) is 0 Å². The molecule has 0 saturated heterocycles. The third kappa shape index (κ3) is 2.57. The van der Waals surface area contributed by atoms with Crippen molar-refractivity contribution >= 4 is 11.6 Å². The molecule has 0 aliphatic rings. The highest BCUT2D eigenvalue weighted by Gasteiger charge is 1.92. The molecule has 0 unspecified atom stereocenters. The van der Waals surface area contributed by atoms with Crippen molar-refractivity contribution in [3.05, 3.63) is 25.0 Å². The first-order valence-corrected chi connectivity index (χ1v) is 3.75. The van der Waals surface area contributed by atoms with Gasteiger partial charge in [-0.2, -0.15) is 0 Å². The largest absolute Gasteiger partial charge is 0.382 e. The van der Waals surface area contributed by atoms with Crippen LogP contribution >= 0.6 is 0 Å². The molecule has 0 amide bonds. The molecule has 1 heterocycles. The lowest BCUT2D eigenvalue weighted by Crippen LogP contribution is -2.03. The van der Waals surface area contributed by atoms with Gasteiger partial charge in [0.05, 0.1) is 12.4 Å². The van der Waals surface area contributed by atoms with E-state index in [4.69, 9.17) is 5.73 Å². The second kappa shape index (κ2) is 4.33. The van der Waals surface area contributed by atoms with E-state index in [1.807, 2.05) is 6.08 Å². The number of hydrogen-bond donors (Lipinski definition) is 2. The Morgan fingerprint density at radius 3 is 3.08 bits per heavy atom. The predicted molar refractivity (Wildman–Crippen MR) is 49.7 cm³/mol. The number of aromatic nitrogens is 2. The summed E-state index contributed by atoms with van der Waals surface area (Å²) in [5, 5.41) is 3.06. The van der Waals surface area contributed by atoms with E-state index < -0.39 is 0 Å². The molecule has 0 saturated carbocycles. The van der Waals surface area contributed by atoms with Crippen LogP contribution in [0.15, 0.2) is 25.0 Å². The van der Waals surface area contributed by atoms with Crippen molar-refractivity contribution in [1.29, 1.82) is 0 Å². The van der Waals surface area contributed by atoms with Crippen LogP contribution in [0.1, 0.15) is 6.42 Å². The Labute approximate surface area is 71.5 Å². The van der Waals surface area contributed by atoms with E-state index in [1.165, 1.54) is 6.20 Å². The zero-order valence-corrected chi connectivity index (χ0v) is 6.83. The van der Waals surface area contributed by atoms with Crippen LogP contribution in [0, 0.1) is 0 Å². The van der Waals surface area contributed by atoms with Crippen molar-refractivity contribution in [3.8, 4) is 0 Å². The van der Waals surface area contributed by atoms with Gasteiger partial charge in [0, 0.05) is 6.54 Å². The van der Waals surface area contributed by atoms with Gasteiger partial charge in [-0.15, -0.1) is 6.58 Å². The van der Waals surface area contributed by atoms with Crippen LogP contribution in [0.2, 0.25) is 0 Å². The fourth-order valence-electron chi connectivity index (χ4n) is 0.769. The van der Waals surface area contributed by atoms with Gasteiger partial charge >= 0.3 is 0 Å². The van der Waals surface area contributed by atoms with Crippen LogP contribution in [0.5, 0.6) is 0 Å². The number of anilines is 2. The molecule has 4 heteroatoms. The van der Waals surface area contributed by atoms with E-state index in [0.29, 0.717) is 11.6 Å². The standard InChI is InChI=1S/C8H12N4/c1-2-3-4-11-8-6-10-5-7(9)12-8/h2,5-6H,1,3-4H2,(H3,9,11,12). The molecule has 0 fully saturated rings. The quantitative estimate of drug-likeness (QED) is 0.515. The molecular weight excluding hydrogens is 152 g/mol. The van der Waals surface area contributed by atoms with E-state index in [-0.39, 0.29) is 0 Å². The Balaban J connectivity index is 2.46. The van der Waals surface area contributed by atoms with E-state index in [2.05, 4.69) is 21.9 Å². The molecule has 0 aliphatic carbocycles. The molecule has 0 aliphatic heterocycles. The Morgan fingerprint density at radius 1 is 1.58 bits per heavy atom. The van der Waals surface area contributed by atoms with Gasteiger partial charge in [-0.1, -0.05) is 6.08 Å². The van der Waals surface area contributed by atoms with Crippen LogP contribution in [-0.2, 0) is 0 Å². The summed E-state index contributed by atoms with van der Waals surface area (Å²) < 4.78 is 0. The number of nitrogens with two attached hydrogens (primary N) is 1. The molecular formula is C8H12N4. The summed E-state index contributed by atoms with van der Waals surface area (Å²) in [6, 6.07) is 0. The number of nitrogen functional groups attached to an aromatic ring is 1. The maximum absolute atomic E-state index is 5.43. The van der Waals surface area contributed by atoms with Crippen LogP contribution in [-0.4, -0.2) is 16.5 Å². The summed E-state index contributed by atoms with van der Waals surface area (Å²) in [5.41, 5.74) is 5.43. The summed E-state index contributed by atoms with van der Waals surface area (Å²) in [5.74, 6) is 1.13. The zero-order valence-electron chi connectivity index (χ0n) is 6.83. The molecule has 0 radical (unpaired) electrons. The molecule has 1 aromatic rings. The summed E-state index contributed by atoms with van der Waals surface area (Å²) >= 11 is 0. The van der Waals surface area contributed by atoms with Crippen molar-refractivity contribution in [1.82, 2.24) is 9.97 Å². The number of hydrogen-bond acceptors (Lipinski definition) is 4. The van der Waals surface area contributed by atoms with Crippen molar-refractivity contribution in [2.24, 2.45) is 0 Å². The molecule has 64 valence electrons. The first-order valence-electron chi connectivity index (χ1n) is 3.75. The molecule has 4 nitrogen and oxygen atoms in total. The number of nitrogens with one attached hydrogen (secondary N) is 1. The summed E-state index contributed by atoms with van der Waals surface area (Å²) in [4.78, 5) is 7.90. The lowest BCUT2D eigenvalue weighted by molar-refractivity contribution is 1.04. The van der Waals surface area contributed by atoms with Crippen molar-refractivity contribution in [2.45, 2.75) is 6.42 Å². The Morgan fingerprint density at radius 2 is 2.42 bits per heavy atom. The minimum Gasteiger partial charge on any atom is -0.382 e. The van der Waals surface area contributed by atoms with E-state index >= 15 is 0 Å². The maximum atomic E-state index is 5.43. The van der Waals surface area contributed by atoms with Crippen molar-refractivity contribution < 1.29 is 0 Å². The van der Waals surface area contributed by atoms with Gasteiger partial charge in [0.2, 0.25) is 0 Å². The highest BCUT2D eigenvalue weighted by molar-refractivity contribution is 5.38. The average molecular weight is 164 g/mol. The van der Waals surface area contributed by atoms with Gasteiger partial charge in [0.15, 0.2) is 0 Å². The Kier molecular flexibility index (Phi) is 3.07. The normalized spacial score (nSPS) is 9.33. The maximum Gasteiger partial charge on any atom is 0.146 e. The van der Waals surface area contributed by atoms with Crippen molar-refractivity contribution in [3.63, 3.8) is 0 Å². The molecule has 12 heavy (non-hydrogen) atoms. The van der Waals surface area contributed by atoms with Gasteiger partial charge in [-0.25, -0.2) is 4.98 Å². The number of rotatable bonds is 4. The van der Waals surface area contributed by atoms with Crippen molar-refractivity contribution in [2.75, 3.05) is 17.6 Å². The second-order valence-electron chi connectivity index (χ2n) is 2.33.